The number of anilines is 1. The number of methoxy groups -OCH3 is 1. The molecule has 5 heterocycles. The zero-order valence-electron chi connectivity index (χ0n) is 28.4. The molecule has 1 aliphatic carbocycles. The molecule has 4 aliphatic rings. The summed E-state index contributed by atoms with van der Waals surface area (Å²) >= 11 is 0. The van der Waals surface area contributed by atoms with Gasteiger partial charge in [-0.25, -0.2) is 17.6 Å². The average molecular weight is 615 g/mol. The molecule has 8 rings (SSSR count). The van der Waals surface area contributed by atoms with Crippen molar-refractivity contribution in [2.75, 3.05) is 44.7 Å². The molecule has 230 valence electrons. The van der Waals surface area contributed by atoms with Crippen molar-refractivity contribution in [3.63, 3.8) is 0 Å². The van der Waals surface area contributed by atoms with Crippen molar-refractivity contribution in [2.45, 2.75) is 55.7 Å². The highest BCUT2D eigenvalue weighted by Crippen LogP contribution is 2.44. The third kappa shape index (κ3) is 4.28. The molecular formula is C32H31F4N5O3. The molecule has 0 spiro atoms. The van der Waals surface area contributed by atoms with Crippen molar-refractivity contribution in [3.05, 3.63) is 48.2 Å². The fourth-order valence-corrected chi connectivity index (χ4v) is 7.12. The monoisotopic (exact) mass is 614 g/mol. The van der Waals surface area contributed by atoms with E-state index >= 15 is 8.78 Å². The number of fused-ring (bicyclic) bond motifs is 4. The minimum absolute atomic E-state index is 0.00305. The molecule has 2 aromatic carbocycles. The molecule has 0 N–H and O–H groups in total. The molecule has 8 nitrogen and oxygen atoms in total. The van der Waals surface area contributed by atoms with Gasteiger partial charge in [-0.1, -0.05) is 24.3 Å². The molecule has 44 heavy (non-hydrogen) atoms. The van der Waals surface area contributed by atoms with Gasteiger partial charge in [-0.2, -0.15) is 9.97 Å². The van der Waals surface area contributed by atoms with Crippen LogP contribution in [0.3, 0.4) is 0 Å². The summed E-state index contributed by atoms with van der Waals surface area (Å²) in [4.78, 5) is 16.5. The fraction of sp³-hybridized carbons (Fsp3) is 0.469. The number of hydrogen-bond donors (Lipinski definition) is 0. The van der Waals surface area contributed by atoms with Gasteiger partial charge in [-0.3, -0.25) is 9.88 Å². The second-order valence-corrected chi connectivity index (χ2v) is 11.8. The van der Waals surface area contributed by atoms with E-state index in [0.717, 1.165) is 6.07 Å². The molecule has 3 aliphatic heterocycles. The lowest BCUT2D eigenvalue weighted by molar-refractivity contribution is 0.105. The van der Waals surface area contributed by atoms with Crippen molar-refractivity contribution in [1.29, 1.82) is 0 Å². The van der Waals surface area contributed by atoms with Crippen LogP contribution in [0.15, 0.2) is 36.5 Å². The Kier molecular flexibility index (Phi) is 5.37. The molecule has 2 aromatic heterocycles. The number of benzene rings is 2. The second-order valence-electron chi connectivity index (χ2n) is 11.8. The summed E-state index contributed by atoms with van der Waals surface area (Å²) in [5.74, 6) is -2.56. The largest absolute Gasteiger partial charge is 0.493 e. The first-order valence-corrected chi connectivity index (χ1v) is 14.7. The van der Waals surface area contributed by atoms with Crippen LogP contribution in [0.5, 0.6) is 11.8 Å². The van der Waals surface area contributed by atoms with E-state index in [-0.39, 0.29) is 52.9 Å². The summed E-state index contributed by atoms with van der Waals surface area (Å²) in [6, 6.07) is 5.73. The number of aromatic nitrogens is 3. The van der Waals surface area contributed by atoms with Gasteiger partial charge in [-0.15, -0.1) is 0 Å². The van der Waals surface area contributed by atoms with Gasteiger partial charge >= 0.3 is 6.01 Å². The molecule has 0 unspecified atom stereocenters. The number of nitrogens with zero attached hydrogens (tertiary/aromatic N) is 5. The Hall–Kier alpha value is -3.77. The van der Waals surface area contributed by atoms with Crippen LogP contribution in [0, 0.1) is 11.6 Å². The SMILES string of the molecule is [2H]C([2H])([2H])Oc1c(F)ccc2cccc(-c3ncc4c(N5CCCO[C@H]6[C@H](F)[C@H]65)nc(OC([2H])([2H])[C@@]56CCCN5C[C@H](F)C6)nc4c3F)c12. The van der Waals surface area contributed by atoms with Gasteiger partial charge in [0.2, 0.25) is 0 Å². The van der Waals surface area contributed by atoms with Crippen LogP contribution < -0.4 is 14.4 Å². The Morgan fingerprint density at radius 3 is 2.95 bits per heavy atom. The van der Waals surface area contributed by atoms with E-state index < -0.39 is 67.0 Å². The van der Waals surface area contributed by atoms with Gasteiger partial charge in [0, 0.05) is 43.3 Å². The zero-order valence-corrected chi connectivity index (χ0v) is 23.4. The van der Waals surface area contributed by atoms with Gasteiger partial charge in [0.15, 0.2) is 23.6 Å². The molecule has 3 saturated heterocycles. The topological polar surface area (TPSA) is 72.8 Å². The summed E-state index contributed by atoms with van der Waals surface area (Å²) in [6.07, 6.45) is -0.677. The zero-order chi connectivity index (χ0) is 34.5. The van der Waals surface area contributed by atoms with E-state index in [0.29, 0.717) is 37.8 Å². The molecule has 1 saturated carbocycles. The van der Waals surface area contributed by atoms with Crippen LogP contribution in [0.25, 0.3) is 32.9 Å². The molecule has 4 aromatic rings. The summed E-state index contributed by atoms with van der Waals surface area (Å²) < 4.78 is 119. The highest BCUT2D eigenvalue weighted by atomic mass is 19.1. The number of pyridine rings is 1. The standard InChI is InChI=1S/C32H31F4N5O3/c1-42-28-21(34)8-7-17-5-2-6-19(22(17)28)25-23(35)26-20(14-37-25)30(41-11-4-12-43-29-24(36)27(29)41)39-31(38-26)44-16-32-9-3-10-40(32)15-18(33)13-32/h2,5-8,14,18,24,27,29H,3-4,9-13,15-16H2,1H3/t18-,24-,27-,29+,32+/m1/s1/i1D3,16D2. The van der Waals surface area contributed by atoms with Crippen LogP contribution in [-0.4, -0.2) is 89.7 Å². The maximum atomic E-state index is 16.9. The quantitative estimate of drug-likeness (QED) is 0.268. The van der Waals surface area contributed by atoms with E-state index in [4.69, 9.17) is 21.1 Å². The van der Waals surface area contributed by atoms with E-state index in [1.807, 2.05) is 0 Å². The molecular weight excluding hydrogens is 578 g/mol. The number of alkyl halides is 2. The first kappa shape index (κ1) is 22.7. The number of halogens is 4. The summed E-state index contributed by atoms with van der Waals surface area (Å²) in [5.41, 5.74) is -1.97. The van der Waals surface area contributed by atoms with Crippen LogP contribution in [0.1, 0.15) is 32.5 Å². The highest BCUT2D eigenvalue weighted by Gasteiger charge is 2.58. The molecule has 5 atom stereocenters. The van der Waals surface area contributed by atoms with Crippen molar-refractivity contribution < 1.29 is 38.6 Å². The molecule has 0 bridgehead atoms. The van der Waals surface area contributed by atoms with Gasteiger partial charge in [0.1, 0.15) is 35.9 Å². The first-order chi connectivity index (χ1) is 23.3. The second kappa shape index (κ2) is 10.4. The molecule has 0 amide bonds. The number of hydrogen-bond acceptors (Lipinski definition) is 8. The van der Waals surface area contributed by atoms with Crippen LogP contribution in [0.2, 0.25) is 0 Å². The highest BCUT2D eigenvalue weighted by molar-refractivity contribution is 6.02. The summed E-state index contributed by atoms with van der Waals surface area (Å²) in [5, 5.41) is 0.380. The van der Waals surface area contributed by atoms with Gasteiger partial charge in [0.25, 0.3) is 0 Å². The lowest BCUT2D eigenvalue weighted by Gasteiger charge is -2.31. The lowest BCUT2D eigenvalue weighted by Crippen LogP contribution is -2.43. The smallest absolute Gasteiger partial charge is 0.319 e. The Morgan fingerprint density at radius 1 is 1.16 bits per heavy atom. The maximum absolute atomic E-state index is 16.9. The van der Waals surface area contributed by atoms with Crippen LogP contribution in [-0.2, 0) is 4.74 Å². The van der Waals surface area contributed by atoms with Gasteiger partial charge in [-0.05, 0) is 37.3 Å². The maximum Gasteiger partial charge on any atom is 0.319 e. The van der Waals surface area contributed by atoms with Crippen molar-refractivity contribution >= 4 is 27.5 Å². The fourth-order valence-electron chi connectivity index (χ4n) is 7.12. The predicted molar refractivity (Wildman–Crippen MR) is 156 cm³/mol. The Labute approximate surface area is 258 Å². The third-order valence-corrected chi connectivity index (χ3v) is 9.21. The van der Waals surface area contributed by atoms with E-state index in [9.17, 15) is 8.78 Å². The molecule has 12 heteroatoms. The van der Waals surface area contributed by atoms with E-state index in [1.54, 1.807) is 21.9 Å². The minimum Gasteiger partial charge on any atom is -0.493 e. The number of rotatable bonds is 6. The predicted octanol–water partition coefficient (Wildman–Crippen LogP) is 5.40. The van der Waals surface area contributed by atoms with Gasteiger partial charge in [0.05, 0.1) is 30.9 Å². The lowest BCUT2D eigenvalue weighted by atomic mass is 9.95. The van der Waals surface area contributed by atoms with Gasteiger partial charge < -0.3 is 19.1 Å². The Balaban J connectivity index is 1.31. The van der Waals surface area contributed by atoms with E-state index in [2.05, 4.69) is 15.0 Å². The molecule has 4 fully saturated rings. The normalized spacial score (nSPS) is 30.5. The average Bonchev–Trinajstić information content (AvgIpc) is 3.40. The third-order valence-electron chi connectivity index (χ3n) is 9.21. The van der Waals surface area contributed by atoms with Crippen LogP contribution in [0.4, 0.5) is 23.4 Å². The Morgan fingerprint density at radius 2 is 2.07 bits per heavy atom. The summed E-state index contributed by atoms with van der Waals surface area (Å²) in [7, 11) is -3.02. The first-order valence-electron chi connectivity index (χ1n) is 17.2. The van der Waals surface area contributed by atoms with Crippen molar-refractivity contribution in [2.24, 2.45) is 0 Å². The van der Waals surface area contributed by atoms with Crippen LogP contribution >= 0.6 is 0 Å². The summed E-state index contributed by atoms with van der Waals surface area (Å²) in [6.45, 7) is -1.37. The Bertz CT molecular complexity index is 1970. The number of ether oxygens (including phenoxy) is 3. The van der Waals surface area contributed by atoms with Crippen molar-refractivity contribution in [1.82, 2.24) is 19.9 Å². The van der Waals surface area contributed by atoms with E-state index in [1.165, 1.54) is 18.3 Å². The molecule has 0 radical (unpaired) electrons. The minimum atomic E-state index is -3.02. The van der Waals surface area contributed by atoms with Crippen molar-refractivity contribution in [3.8, 4) is 23.0 Å².